The van der Waals surface area contributed by atoms with Crippen molar-refractivity contribution in [3.05, 3.63) is 59.2 Å². The molecule has 0 aliphatic carbocycles. The number of halogens is 2. The molecule has 3 rings (SSSR count). The predicted molar refractivity (Wildman–Crippen MR) is 108 cm³/mol. The van der Waals surface area contributed by atoms with E-state index < -0.39 is 17.5 Å². The zero-order chi connectivity index (χ0) is 21.5. The molecule has 30 heavy (non-hydrogen) atoms. The minimum absolute atomic E-state index is 0.154. The summed E-state index contributed by atoms with van der Waals surface area (Å²) in [5.41, 5.74) is 0.657. The number of rotatable bonds is 8. The highest BCUT2D eigenvalue weighted by molar-refractivity contribution is 5.94. The number of benzene rings is 2. The van der Waals surface area contributed by atoms with Crippen LogP contribution >= 0.6 is 0 Å². The van der Waals surface area contributed by atoms with E-state index in [9.17, 15) is 13.6 Å². The molecule has 2 aromatic rings. The summed E-state index contributed by atoms with van der Waals surface area (Å²) in [5.74, 6) is -0.955. The Balaban J connectivity index is 1.81. The largest absolute Gasteiger partial charge is 0.493 e. The quantitative estimate of drug-likeness (QED) is 0.657. The van der Waals surface area contributed by atoms with E-state index in [4.69, 9.17) is 14.2 Å². The van der Waals surface area contributed by atoms with Crippen LogP contribution in [-0.2, 0) is 11.3 Å². The van der Waals surface area contributed by atoms with Crippen LogP contribution < -0.4 is 9.47 Å². The molecule has 0 N–H and O–H groups in total. The van der Waals surface area contributed by atoms with Crippen LogP contribution in [0.5, 0.6) is 11.5 Å². The number of carbonyl (C=O) groups is 1. The minimum atomic E-state index is -0.872. The number of amides is 1. The molecule has 6 nitrogen and oxygen atoms in total. The monoisotopic (exact) mass is 420 g/mol. The summed E-state index contributed by atoms with van der Waals surface area (Å²) in [6, 6.07) is 8.38. The molecular weight excluding hydrogens is 394 g/mol. The molecule has 2 aromatic carbocycles. The lowest BCUT2D eigenvalue weighted by Gasteiger charge is -2.30. The summed E-state index contributed by atoms with van der Waals surface area (Å²) >= 11 is 0. The van der Waals surface area contributed by atoms with Gasteiger partial charge >= 0.3 is 0 Å². The Morgan fingerprint density at radius 2 is 1.80 bits per heavy atom. The maximum atomic E-state index is 14.3. The Morgan fingerprint density at radius 1 is 1.07 bits per heavy atom. The fourth-order valence-electron chi connectivity index (χ4n) is 3.37. The summed E-state index contributed by atoms with van der Waals surface area (Å²) in [4.78, 5) is 16.9. The fraction of sp³-hybridized carbons (Fsp3) is 0.409. The Labute approximate surface area is 174 Å². The van der Waals surface area contributed by atoms with Crippen LogP contribution in [0.3, 0.4) is 0 Å². The lowest BCUT2D eigenvalue weighted by Crippen LogP contribution is -2.43. The first-order valence-electron chi connectivity index (χ1n) is 9.77. The summed E-state index contributed by atoms with van der Waals surface area (Å²) < 4.78 is 43.5. The van der Waals surface area contributed by atoms with E-state index in [1.54, 1.807) is 24.1 Å². The second-order valence-electron chi connectivity index (χ2n) is 6.99. The summed E-state index contributed by atoms with van der Waals surface area (Å²) in [5, 5.41) is 0. The molecule has 0 aromatic heterocycles. The van der Waals surface area contributed by atoms with E-state index in [1.165, 1.54) is 13.2 Å². The standard InChI is InChI=1S/C22H26F2N2O4/c1-28-20-6-3-16(13-21(20)29-2)15-26(8-7-25-9-11-30-12-10-25)22(27)18-5-4-17(23)14-19(18)24/h3-6,13-14H,7-12,15H2,1-2H3. The first-order valence-corrected chi connectivity index (χ1v) is 9.77. The number of hydrogen-bond donors (Lipinski definition) is 0. The average molecular weight is 420 g/mol. The van der Waals surface area contributed by atoms with Gasteiger partial charge in [0, 0.05) is 38.8 Å². The molecule has 0 bridgehead atoms. The number of carbonyl (C=O) groups excluding carboxylic acids is 1. The smallest absolute Gasteiger partial charge is 0.257 e. The zero-order valence-electron chi connectivity index (χ0n) is 17.2. The predicted octanol–water partition coefficient (Wildman–Crippen LogP) is 2.96. The van der Waals surface area contributed by atoms with E-state index >= 15 is 0 Å². The molecule has 0 spiro atoms. The topological polar surface area (TPSA) is 51.2 Å². The van der Waals surface area contributed by atoms with Gasteiger partial charge in [0.25, 0.3) is 5.91 Å². The van der Waals surface area contributed by atoms with Crippen molar-refractivity contribution in [1.82, 2.24) is 9.80 Å². The third-order valence-corrected chi connectivity index (χ3v) is 5.06. The molecule has 0 radical (unpaired) electrons. The number of morpholine rings is 1. The summed E-state index contributed by atoms with van der Waals surface area (Å²) in [6.45, 7) is 4.13. The van der Waals surface area contributed by atoms with Crippen LogP contribution in [0.4, 0.5) is 8.78 Å². The van der Waals surface area contributed by atoms with Crippen molar-refractivity contribution in [2.45, 2.75) is 6.54 Å². The first-order chi connectivity index (χ1) is 14.5. The van der Waals surface area contributed by atoms with Crippen LogP contribution in [0, 0.1) is 11.6 Å². The maximum Gasteiger partial charge on any atom is 0.257 e. The average Bonchev–Trinajstić information content (AvgIpc) is 2.76. The zero-order valence-corrected chi connectivity index (χ0v) is 17.2. The third-order valence-electron chi connectivity index (χ3n) is 5.06. The van der Waals surface area contributed by atoms with Crippen molar-refractivity contribution >= 4 is 5.91 Å². The maximum absolute atomic E-state index is 14.3. The van der Waals surface area contributed by atoms with Gasteiger partial charge in [0.1, 0.15) is 11.6 Å². The van der Waals surface area contributed by atoms with Gasteiger partial charge in [-0.15, -0.1) is 0 Å². The molecule has 8 heteroatoms. The highest BCUT2D eigenvalue weighted by atomic mass is 19.1. The van der Waals surface area contributed by atoms with Crippen LogP contribution in [0.1, 0.15) is 15.9 Å². The molecule has 0 unspecified atom stereocenters. The lowest BCUT2D eigenvalue weighted by molar-refractivity contribution is 0.0319. The van der Waals surface area contributed by atoms with Crippen molar-refractivity contribution in [3.8, 4) is 11.5 Å². The van der Waals surface area contributed by atoms with E-state index in [-0.39, 0.29) is 12.1 Å². The van der Waals surface area contributed by atoms with Crippen LogP contribution in [0.25, 0.3) is 0 Å². The first kappa shape index (κ1) is 22.0. The Bertz CT molecular complexity index is 872. The van der Waals surface area contributed by atoms with Gasteiger partial charge in [-0.1, -0.05) is 6.07 Å². The Hall–Kier alpha value is -2.71. The molecule has 1 fully saturated rings. The lowest BCUT2D eigenvalue weighted by atomic mass is 10.1. The summed E-state index contributed by atoms with van der Waals surface area (Å²) in [6.07, 6.45) is 0. The van der Waals surface area contributed by atoms with Gasteiger partial charge in [-0.3, -0.25) is 9.69 Å². The number of ether oxygens (including phenoxy) is 3. The van der Waals surface area contributed by atoms with E-state index in [0.29, 0.717) is 37.8 Å². The van der Waals surface area contributed by atoms with Crippen molar-refractivity contribution < 1.29 is 27.8 Å². The van der Waals surface area contributed by atoms with Crippen molar-refractivity contribution in [2.24, 2.45) is 0 Å². The normalized spacial score (nSPS) is 14.4. The molecule has 1 heterocycles. The highest BCUT2D eigenvalue weighted by Gasteiger charge is 2.22. The van der Waals surface area contributed by atoms with Crippen molar-refractivity contribution in [2.75, 3.05) is 53.6 Å². The fourth-order valence-corrected chi connectivity index (χ4v) is 3.37. The molecule has 1 saturated heterocycles. The Morgan fingerprint density at radius 3 is 2.47 bits per heavy atom. The van der Waals surface area contributed by atoms with Gasteiger partial charge in [-0.2, -0.15) is 0 Å². The van der Waals surface area contributed by atoms with Gasteiger partial charge in [0.2, 0.25) is 0 Å². The SMILES string of the molecule is COc1ccc(CN(CCN2CCOCC2)C(=O)c2ccc(F)cc2F)cc1OC. The van der Waals surface area contributed by atoms with Crippen molar-refractivity contribution in [1.29, 1.82) is 0 Å². The second kappa shape index (κ2) is 10.4. The Kier molecular flexibility index (Phi) is 7.59. The second-order valence-corrected chi connectivity index (χ2v) is 6.99. The molecule has 1 amide bonds. The molecular formula is C22H26F2N2O4. The van der Waals surface area contributed by atoms with E-state index in [2.05, 4.69) is 4.90 Å². The van der Waals surface area contributed by atoms with Crippen LogP contribution in [0.2, 0.25) is 0 Å². The molecule has 162 valence electrons. The summed E-state index contributed by atoms with van der Waals surface area (Å²) in [7, 11) is 3.09. The van der Waals surface area contributed by atoms with Gasteiger partial charge in [-0.25, -0.2) is 8.78 Å². The van der Waals surface area contributed by atoms with Gasteiger partial charge in [-0.05, 0) is 29.8 Å². The molecule has 1 aliphatic rings. The molecule has 0 saturated carbocycles. The van der Waals surface area contributed by atoms with E-state index in [1.807, 2.05) is 6.07 Å². The van der Waals surface area contributed by atoms with E-state index in [0.717, 1.165) is 30.8 Å². The van der Waals surface area contributed by atoms with Gasteiger partial charge in [0.05, 0.1) is 33.0 Å². The highest BCUT2D eigenvalue weighted by Crippen LogP contribution is 2.28. The van der Waals surface area contributed by atoms with Gasteiger partial charge < -0.3 is 19.1 Å². The molecule has 0 atom stereocenters. The number of methoxy groups -OCH3 is 2. The van der Waals surface area contributed by atoms with Crippen molar-refractivity contribution in [3.63, 3.8) is 0 Å². The number of nitrogens with zero attached hydrogens (tertiary/aromatic N) is 2. The number of hydrogen-bond acceptors (Lipinski definition) is 5. The van der Waals surface area contributed by atoms with Crippen LogP contribution in [-0.4, -0.2) is 69.3 Å². The molecule has 1 aliphatic heterocycles. The van der Waals surface area contributed by atoms with Gasteiger partial charge in [0.15, 0.2) is 11.5 Å². The third kappa shape index (κ3) is 5.46. The minimum Gasteiger partial charge on any atom is -0.493 e. The van der Waals surface area contributed by atoms with Crippen LogP contribution in [0.15, 0.2) is 36.4 Å².